The van der Waals surface area contributed by atoms with E-state index in [0.717, 1.165) is 6.42 Å². The van der Waals surface area contributed by atoms with Crippen LogP contribution in [0.5, 0.6) is 5.75 Å². The van der Waals surface area contributed by atoms with E-state index in [1.54, 1.807) is 18.2 Å². The highest BCUT2D eigenvalue weighted by Gasteiger charge is 2.08. The minimum atomic E-state index is -0.195. The van der Waals surface area contributed by atoms with Crippen molar-refractivity contribution in [2.75, 3.05) is 25.0 Å². The molecule has 0 atom stereocenters. The van der Waals surface area contributed by atoms with Crippen molar-refractivity contribution in [3.63, 3.8) is 0 Å². The number of benzene rings is 1. The van der Waals surface area contributed by atoms with Crippen LogP contribution in [-0.4, -0.2) is 25.6 Å². The number of terminal acetylenes is 1. The molecule has 5 heteroatoms. The molecule has 0 aliphatic carbocycles. The normalized spacial score (nSPS) is 9.74. The Kier molecular flexibility index (Phi) is 6.80. The van der Waals surface area contributed by atoms with Gasteiger partial charge in [0, 0.05) is 5.02 Å². The summed E-state index contributed by atoms with van der Waals surface area (Å²) in [7, 11) is 0. The van der Waals surface area contributed by atoms with Gasteiger partial charge in [-0.1, -0.05) is 24.4 Å². The van der Waals surface area contributed by atoms with Crippen molar-refractivity contribution in [1.29, 1.82) is 0 Å². The maximum absolute atomic E-state index is 11.7. The summed E-state index contributed by atoms with van der Waals surface area (Å²) in [6, 6.07) is 5.12. The molecular weight excluding hydrogens is 264 g/mol. The first-order valence-electron chi connectivity index (χ1n) is 6.03. The first-order chi connectivity index (χ1) is 9.17. The predicted octanol–water partition coefficient (Wildman–Crippen LogP) is 2.29. The zero-order valence-electron chi connectivity index (χ0n) is 10.8. The van der Waals surface area contributed by atoms with Gasteiger partial charge in [-0.25, -0.2) is 0 Å². The summed E-state index contributed by atoms with van der Waals surface area (Å²) in [6.45, 7) is 3.09. The SMILES string of the molecule is C#CCNCC(=O)Nc1cc(Cl)ccc1OCCC. The van der Waals surface area contributed by atoms with Crippen molar-refractivity contribution >= 4 is 23.2 Å². The average Bonchev–Trinajstić information content (AvgIpc) is 2.38. The van der Waals surface area contributed by atoms with Crippen molar-refractivity contribution in [3.05, 3.63) is 23.2 Å². The van der Waals surface area contributed by atoms with Crippen LogP contribution in [0.15, 0.2) is 18.2 Å². The Morgan fingerprint density at radius 2 is 2.32 bits per heavy atom. The minimum Gasteiger partial charge on any atom is -0.491 e. The molecule has 0 bridgehead atoms. The number of hydrogen-bond donors (Lipinski definition) is 2. The molecule has 0 aliphatic heterocycles. The molecule has 0 radical (unpaired) electrons. The number of carbonyl (C=O) groups excluding carboxylic acids is 1. The fraction of sp³-hybridized carbons (Fsp3) is 0.357. The topological polar surface area (TPSA) is 50.4 Å². The summed E-state index contributed by atoms with van der Waals surface area (Å²) in [5, 5.41) is 6.09. The van der Waals surface area contributed by atoms with E-state index in [1.165, 1.54) is 0 Å². The van der Waals surface area contributed by atoms with Crippen LogP contribution in [0.1, 0.15) is 13.3 Å². The van der Waals surface area contributed by atoms with E-state index >= 15 is 0 Å². The number of anilines is 1. The molecule has 0 aromatic heterocycles. The second kappa shape index (κ2) is 8.41. The first kappa shape index (κ1) is 15.4. The van der Waals surface area contributed by atoms with Gasteiger partial charge in [0.15, 0.2) is 0 Å². The third-order valence-corrected chi connectivity index (χ3v) is 2.43. The largest absolute Gasteiger partial charge is 0.491 e. The van der Waals surface area contributed by atoms with E-state index < -0.39 is 0 Å². The van der Waals surface area contributed by atoms with Crippen molar-refractivity contribution < 1.29 is 9.53 Å². The maximum Gasteiger partial charge on any atom is 0.238 e. The highest BCUT2D eigenvalue weighted by molar-refractivity contribution is 6.31. The minimum absolute atomic E-state index is 0.143. The van der Waals surface area contributed by atoms with E-state index in [-0.39, 0.29) is 12.5 Å². The molecule has 1 amide bonds. The summed E-state index contributed by atoms with van der Waals surface area (Å²) >= 11 is 5.91. The summed E-state index contributed by atoms with van der Waals surface area (Å²) in [4.78, 5) is 11.7. The Labute approximate surface area is 118 Å². The molecule has 19 heavy (non-hydrogen) atoms. The maximum atomic E-state index is 11.7. The van der Waals surface area contributed by atoms with Gasteiger partial charge in [-0.3, -0.25) is 10.1 Å². The van der Waals surface area contributed by atoms with Gasteiger partial charge in [-0.15, -0.1) is 6.42 Å². The summed E-state index contributed by atoms with van der Waals surface area (Å²) in [5.41, 5.74) is 0.563. The molecule has 4 nitrogen and oxygen atoms in total. The van der Waals surface area contributed by atoms with Gasteiger partial charge in [0.05, 0.1) is 25.4 Å². The van der Waals surface area contributed by atoms with Gasteiger partial charge >= 0.3 is 0 Å². The zero-order valence-corrected chi connectivity index (χ0v) is 11.6. The molecule has 0 heterocycles. The Hall–Kier alpha value is -1.70. The van der Waals surface area contributed by atoms with Gasteiger partial charge in [0.25, 0.3) is 0 Å². The van der Waals surface area contributed by atoms with E-state index in [1.807, 2.05) is 6.92 Å². The number of hydrogen-bond acceptors (Lipinski definition) is 3. The van der Waals surface area contributed by atoms with Crippen molar-refractivity contribution in [2.45, 2.75) is 13.3 Å². The quantitative estimate of drug-likeness (QED) is 0.595. The molecule has 1 aromatic carbocycles. The van der Waals surface area contributed by atoms with Gasteiger partial charge in [-0.2, -0.15) is 0 Å². The average molecular weight is 281 g/mol. The van der Waals surface area contributed by atoms with Crippen LogP contribution < -0.4 is 15.4 Å². The number of halogens is 1. The standard InChI is InChI=1S/C14H17ClN2O2/c1-3-7-16-10-14(18)17-12-9-11(15)5-6-13(12)19-8-4-2/h1,5-6,9,16H,4,7-8,10H2,2H3,(H,17,18). The van der Waals surface area contributed by atoms with Crippen LogP contribution in [0.3, 0.4) is 0 Å². The van der Waals surface area contributed by atoms with Crippen molar-refractivity contribution in [2.24, 2.45) is 0 Å². The summed E-state index contributed by atoms with van der Waals surface area (Å²) < 4.78 is 5.54. The Morgan fingerprint density at radius 3 is 3.00 bits per heavy atom. The number of ether oxygens (including phenoxy) is 1. The van der Waals surface area contributed by atoms with Crippen LogP contribution in [0.2, 0.25) is 5.02 Å². The molecule has 1 aromatic rings. The highest BCUT2D eigenvalue weighted by Crippen LogP contribution is 2.28. The van der Waals surface area contributed by atoms with E-state index in [4.69, 9.17) is 22.8 Å². The molecule has 1 rings (SSSR count). The smallest absolute Gasteiger partial charge is 0.238 e. The lowest BCUT2D eigenvalue weighted by molar-refractivity contribution is -0.115. The number of nitrogens with one attached hydrogen (secondary N) is 2. The monoisotopic (exact) mass is 280 g/mol. The molecule has 0 fully saturated rings. The fourth-order valence-corrected chi connectivity index (χ4v) is 1.55. The second-order valence-corrected chi connectivity index (χ2v) is 4.28. The van der Waals surface area contributed by atoms with E-state index in [9.17, 15) is 4.79 Å². The first-order valence-corrected chi connectivity index (χ1v) is 6.41. The lowest BCUT2D eigenvalue weighted by atomic mass is 10.3. The van der Waals surface area contributed by atoms with Crippen LogP contribution in [0, 0.1) is 12.3 Å². The van der Waals surface area contributed by atoms with Crippen LogP contribution >= 0.6 is 11.6 Å². The summed E-state index contributed by atoms with van der Waals surface area (Å²) in [5.74, 6) is 2.81. The predicted molar refractivity (Wildman–Crippen MR) is 77.6 cm³/mol. The van der Waals surface area contributed by atoms with Gasteiger partial charge in [-0.05, 0) is 24.6 Å². The third kappa shape index (κ3) is 5.64. The lowest BCUT2D eigenvalue weighted by Crippen LogP contribution is -2.28. The number of carbonyl (C=O) groups is 1. The molecule has 0 unspecified atom stereocenters. The van der Waals surface area contributed by atoms with Crippen molar-refractivity contribution in [3.8, 4) is 18.1 Å². The van der Waals surface area contributed by atoms with E-state index in [0.29, 0.717) is 29.6 Å². The second-order valence-electron chi connectivity index (χ2n) is 3.84. The van der Waals surface area contributed by atoms with Crippen LogP contribution in [0.25, 0.3) is 0 Å². The van der Waals surface area contributed by atoms with E-state index in [2.05, 4.69) is 16.6 Å². The molecule has 102 valence electrons. The molecule has 2 N–H and O–H groups in total. The highest BCUT2D eigenvalue weighted by atomic mass is 35.5. The molecule has 0 aliphatic rings. The Balaban J connectivity index is 2.66. The molecular formula is C14H17ClN2O2. The summed E-state index contributed by atoms with van der Waals surface area (Å²) in [6.07, 6.45) is 5.97. The molecule has 0 spiro atoms. The number of amides is 1. The van der Waals surface area contributed by atoms with Gasteiger partial charge in [0.1, 0.15) is 5.75 Å². The van der Waals surface area contributed by atoms with Gasteiger partial charge in [0.2, 0.25) is 5.91 Å². The Bertz CT molecular complexity index is 469. The fourth-order valence-electron chi connectivity index (χ4n) is 1.38. The zero-order chi connectivity index (χ0) is 14.1. The van der Waals surface area contributed by atoms with Crippen molar-refractivity contribution in [1.82, 2.24) is 5.32 Å². The Morgan fingerprint density at radius 1 is 1.53 bits per heavy atom. The molecule has 0 saturated heterocycles. The lowest BCUT2D eigenvalue weighted by Gasteiger charge is -2.12. The number of rotatable bonds is 7. The van der Waals surface area contributed by atoms with Crippen LogP contribution in [0.4, 0.5) is 5.69 Å². The van der Waals surface area contributed by atoms with Crippen LogP contribution in [-0.2, 0) is 4.79 Å². The third-order valence-electron chi connectivity index (χ3n) is 2.19. The van der Waals surface area contributed by atoms with Gasteiger partial charge < -0.3 is 10.1 Å². The molecule has 0 saturated carbocycles.